The first-order chi connectivity index (χ1) is 13.6. The van der Waals surface area contributed by atoms with Crippen molar-refractivity contribution in [2.45, 2.75) is 38.4 Å². The summed E-state index contributed by atoms with van der Waals surface area (Å²) in [7, 11) is 0. The zero-order chi connectivity index (χ0) is 19.7. The lowest BCUT2D eigenvalue weighted by Gasteiger charge is -2.17. The number of rotatable bonds is 6. The van der Waals surface area contributed by atoms with Crippen LogP contribution in [0.3, 0.4) is 0 Å². The Labute approximate surface area is 170 Å². The van der Waals surface area contributed by atoms with Gasteiger partial charge in [-0.3, -0.25) is 9.36 Å². The van der Waals surface area contributed by atoms with Crippen LogP contribution in [-0.4, -0.2) is 38.0 Å². The Hall–Kier alpha value is -2.39. The van der Waals surface area contributed by atoms with Crippen LogP contribution in [0.4, 0.5) is 5.69 Å². The van der Waals surface area contributed by atoms with E-state index in [0.29, 0.717) is 18.2 Å². The molecule has 0 radical (unpaired) electrons. The lowest BCUT2D eigenvalue weighted by atomic mass is 10.1. The van der Waals surface area contributed by atoms with E-state index in [1.54, 1.807) is 15.9 Å². The molecule has 0 spiro atoms. The molecule has 0 saturated heterocycles. The van der Waals surface area contributed by atoms with Gasteiger partial charge in [-0.1, -0.05) is 24.8 Å². The Morgan fingerprint density at radius 2 is 2.25 bits per heavy atom. The summed E-state index contributed by atoms with van der Waals surface area (Å²) >= 11 is 2.94. The predicted molar refractivity (Wildman–Crippen MR) is 112 cm³/mol. The lowest BCUT2D eigenvalue weighted by Crippen LogP contribution is -2.30. The Bertz CT molecular complexity index is 1070. The van der Waals surface area contributed by atoms with E-state index in [4.69, 9.17) is 0 Å². The highest BCUT2D eigenvalue weighted by Gasteiger charge is 2.25. The summed E-state index contributed by atoms with van der Waals surface area (Å²) in [4.78, 5) is 30.9. The highest BCUT2D eigenvalue weighted by atomic mass is 32.2. The molecule has 0 fully saturated rings. The second kappa shape index (κ2) is 7.92. The normalized spacial score (nSPS) is 13.1. The minimum absolute atomic E-state index is 0.0273. The van der Waals surface area contributed by atoms with Gasteiger partial charge in [0.1, 0.15) is 0 Å². The number of H-pyrrole nitrogens is 1. The number of fused-ring (bicyclic) bond motifs is 1. The number of thiazole rings is 1. The quantitative estimate of drug-likeness (QED) is 0.626. The van der Waals surface area contributed by atoms with Gasteiger partial charge in [0, 0.05) is 29.7 Å². The van der Waals surface area contributed by atoms with Crippen LogP contribution in [-0.2, 0) is 17.8 Å². The average Bonchev–Trinajstić information content (AvgIpc) is 3.39. The molecule has 1 N–H and O–H groups in total. The summed E-state index contributed by atoms with van der Waals surface area (Å²) < 4.78 is 1.58. The summed E-state index contributed by atoms with van der Waals surface area (Å²) in [5.41, 5.74) is 3.98. The molecule has 7 nitrogen and oxygen atoms in total. The van der Waals surface area contributed by atoms with Crippen molar-refractivity contribution in [1.29, 1.82) is 0 Å². The van der Waals surface area contributed by atoms with Crippen LogP contribution in [0.2, 0.25) is 0 Å². The van der Waals surface area contributed by atoms with Crippen LogP contribution in [0.15, 0.2) is 33.5 Å². The van der Waals surface area contributed by atoms with Crippen LogP contribution < -0.4 is 10.6 Å². The second-order valence-electron chi connectivity index (χ2n) is 6.64. The van der Waals surface area contributed by atoms with Gasteiger partial charge in [-0.05, 0) is 37.5 Å². The van der Waals surface area contributed by atoms with Gasteiger partial charge in [0.25, 0.3) is 0 Å². The third-order valence-electron chi connectivity index (χ3n) is 4.69. The topological polar surface area (TPSA) is 83.9 Å². The molecule has 0 bridgehead atoms. The molecule has 1 aliphatic heterocycles. The van der Waals surface area contributed by atoms with Crippen LogP contribution in [0, 0.1) is 6.92 Å². The first-order valence-corrected chi connectivity index (χ1v) is 11.1. The standard InChI is InChI=1S/C19H21N5O2S2/c1-3-7-24-18(26)21-22-19(24)28-11-17(25)23-8-6-14-9-13(4-5-16(14)23)15-10-27-12(2)20-15/h4-5,9-10H,3,6-8,11H2,1-2H3,(H,21,26). The van der Waals surface area contributed by atoms with Crippen molar-refractivity contribution in [3.8, 4) is 11.3 Å². The molecule has 0 aliphatic carbocycles. The number of thioether (sulfide) groups is 1. The maximum absolute atomic E-state index is 12.8. The predicted octanol–water partition coefficient (Wildman–Crippen LogP) is 3.09. The zero-order valence-electron chi connectivity index (χ0n) is 15.8. The van der Waals surface area contributed by atoms with Gasteiger partial charge in [0.15, 0.2) is 5.16 Å². The largest absolute Gasteiger partial charge is 0.343 e. The first kappa shape index (κ1) is 18.9. The SMILES string of the molecule is CCCn1c(SCC(=O)N2CCc3cc(-c4csc(C)n4)ccc32)n[nH]c1=O. The monoisotopic (exact) mass is 415 g/mol. The third kappa shape index (κ3) is 3.64. The molecule has 4 rings (SSSR count). The van der Waals surface area contributed by atoms with Crippen molar-refractivity contribution in [3.63, 3.8) is 0 Å². The van der Waals surface area contributed by atoms with Crippen molar-refractivity contribution in [3.05, 3.63) is 44.6 Å². The van der Waals surface area contributed by atoms with Crippen molar-refractivity contribution in [2.75, 3.05) is 17.2 Å². The summed E-state index contributed by atoms with van der Waals surface area (Å²) in [6.45, 7) is 5.27. The Morgan fingerprint density at radius 1 is 1.39 bits per heavy atom. The lowest BCUT2D eigenvalue weighted by molar-refractivity contribution is -0.116. The maximum atomic E-state index is 12.8. The summed E-state index contributed by atoms with van der Waals surface area (Å²) in [5, 5.41) is 10.2. The fourth-order valence-corrected chi connectivity index (χ4v) is 4.83. The van der Waals surface area contributed by atoms with Crippen molar-refractivity contribution < 1.29 is 4.79 Å². The molecular weight excluding hydrogens is 394 g/mol. The van der Waals surface area contributed by atoms with Gasteiger partial charge in [0.2, 0.25) is 5.91 Å². The fourth-order valence-electron chi connectivity index (χ4n) is 3.35. The van der Waals surface area contributed by atoms with Gasteiger partial charge >= 0.3 is 5.69 Å². The molecule has 1 amide bonds. The van der Waals surface area contributed by atoms with Crippen LogP contribution in [0.25, 0.3) is 11.3 Å². The molecule has 1 aliphatic rings. The number of aromatic nitrogens is 4. The van der Waals surface area contributed by atoms with E-state index >= 15 is 0 Å². The Kier molecular flexibility index (Phi) is 5.36. The summed E-state index contributed by atoms with van der Waals surface area (Å²) in [6, 6.07) is 6.17. The van der Waals surface area contributed by atoms with E-state index in [0.717, 1.165) is 34.8 Å². The molecule has 1 aromatic carbocycles. The highest BCUT2D eigenvalue weighted by Crippen LogP contribution is 2.33. The van der Waals surface area contributed by atoms with Crippen LogP contribution >= 0.6 is 23.1 Å². The van der Waals surface area contributed by atoms with E-state index in [1.807, 2.05) is 30.9 Å². The van der Waals surface area contributed by atoms with E-state index < -0.39 is 0 Å². The number of aromatic amines is 1. The van der Waals surface area contributed by atoms with Crippen molar-refractivity contribution in [1.82, 2.24) is 19.7 Å². The van der Waals surface area contributed by atoms with E-state index in [9.17, 15) is 9.59 Å². The fraction of sp³-hybridized carbons (Fsp3) is 0.368. The molecule has 0 saturated carbocycles. The zero-order valence-corrected chi connectivity index (χ0v) is 17.4. The van der Waals surface area contributed by atoms with Gasteiger partial charge < -0.3 is 4.90 Å². The van der Waals surface area contributed by atoms with Crippen LogP contribution in [0.1, 0.15) is 23.9 Å². The number of nitrogens with one attached hydrogen (secondary N) is 1. The minimum Gasteiger partial charge on any atom is -0.311 e. The smallest absolute Gasteiger partial charge is 0.311 e. The van der Waals surface area contributed by atoms with Gasteiger partial charge in [-0.2, -0.15) is 0 Å². The molecule has 0 atom stereocenters. The van der Waals surface area contributed by atoms with Crippen molar-refractivity contribution >= 4 is 34.7 Å². The summed E-state index contributed by atoms with van der Waals surface area (Å²) in [6.07, 6.45) is 1.67. The molecule has 2 aromatic heterocycles. The van der Waals surface area contributed by atoms with E-state index in [1.165, 1.54) is 17.3 Å². The summed E-state index contributed by atoms with van der Waals surface area (Å²) in [5.74, 6) is 0.278. The number of hydrogen-bond acceptors (Lipinski definition) is 6. The number of carbonyl (C=O) groups is 1. The molecule has 0 unspecified atom stereocenters. The molecule has 146 valence electrons. The Morgan fingerprint density at radius 3 is 3.00 bits per heavy atom. The Balaban J connectivity index is 1.47. The number of benzene rings is 1. The molecule has 9 heteroatoms. The minimum atomic E-state index is -0.229. The molecular formula is C19H21N5O2S2. The van der Waals surface area contributed by atoms with E-state index in [-0.39, 0.29) is 17.3 Å². The number of nitrogens with zero attached hydrogens (tertiary/aromatic N) is 4. The second-order valence-corrected chi connectivity index (χ2v) is 8.65. The molecule has 3 aromatic rings. The third-order valence-corrected chi connectivity index (χ3v) is 6.42. The number of hydrogen-bond donors (Lipinski definition) is 1. The molecule has 28 heavy (non-hydrogen) atoms. The van der Waals surface area contributed by atoms with Gasteiger partial charge in [-0.25, -0.2) is 14.9 Å². The van der Waals surface area contributed by atoms with Crippen molar-refractivity contribution in [2.24, 2.45) is 0 Å². The number of anilines is 1. The average molecular weight is 416 g/mol. The maximum Gasteiger partial charge on any atom is 0.343 e. The number of amides is 1. The number of aryl methyl sites for hydroxylation is 1. The highest BCUT2D eigenvalue weighted by molar-refractivity contribution is 7.99. The van der Waals surface area contributed by atoms with Gasteiger partial charge in [-0.15, -0.1) is 16.4 Å². The van der Waals surface area contributed by atoms with Crippen LogP contribution in [0.5, 0.6) is 0 Å². The molecule has 3 heterocycles. The van der Waals surface area contributed by atoms with Gasteiger partial charge in [0.05, 0.1) is 16.5 Å². The number of carbonyl (C=O) groups excluding carboxylic acids is 1. The first-order valence-electron chi connectivity index (χ1n) is 9.20. The van der Waals surface area contributed by atoms with E-state index in [2.05, 4.69) is 26.6 Å².